The van der Waals surface area contributed by atoms with E-state index in [1.165, 1.54) is 18.2 Å². The first kappa shape index (κ1) is 20.3. The van der Waals surface area contributed by atoms with Crippen molar-refractivity contribution in [3.8, 4) is 5.75 Å². The summed E-state index contributed by atoms with van der Waals surface area (Å²) < 4.78 is 5.41. The lowest BCUT2D eigenvalue weighted by Gasteiger charge is -2.22. The quantitative estimate of drug-likeness (QED) is 0.302. The molecule has 3 aromatic rings. The minimum absolute atomic E-state index is 0.0101. The molecule has 0 unspecified atom stereocenters. The predicted molar refractivity (Wildman–Crippen MR) is 114 cm³/mol. The van der Waals surface area contributed by atoms with Gasteiger partial charge in [0, 0.05) is 35.2 Å². The number of hydrogen-bond donors (Lipinski definition) is 0. The van der Waals surface area contributed by atoms with E-state index in [9.17, 15) is 14.9 Å². The standard InChI is InChI=1S/C22H20N2O4S/c1-28-21-10-3-2-7-18(21)15-23(16-20-9-5-13-29-20)22(25)12-11-17-6-4-8-19(14-17)24(26)27/h2-14H,15-16H2,1H3/b12-11+. The smallest absolute Gasteiger partial charge is 0.270 e. The van der Waals surface area contributed by atoms with Crippen molar-refractivity contribution >= 4 is 29.0 Å². The third-order valence-electron chi connectivity index (χ3n) is 4.29. The van der Waals surface area contributed by atoms with Gasteiger partial charge >= 0.3 is 0 Å². The molecule has 0 spiro atoms. The fourth-order valence-electron chi connectivity index (χ4n) is 2.86. The molecule has 0 aliphatic carbocycles. The second-order valence-electron chi connectivity index (χ2n) is 6.27. The Morgan fingerprint density at radius 3 is 2.69 bits per heavy atom. The van der Waals surface area contributed by atoms with Gasteiger partial charge in [-0.25, -0.2) is 0 Å². The van der Waals surface area contributed by atoms with Crippen LogP contribution < -0.4 is 4.74 Å². The highest BCUT2D eigenvalue weighted by Crippen LogP contribution is 2.22. The highest BCUT2D eigenvalue weighted by molar-refractivity contribution is 7.09. The number of carbonyl (C=O) groups excluding carboxylic acids is 1. The zero-order valence-electron chi connectivity index (χ0n) is 15.9. The molecule has 1 aromatic heterocycles. The summed E-state index contributed by atoms with van der Waals surface area (Å²) in [7, 11) is 1.60. The molecule has 0 saturated heterocycles. The molecule has 2 aromatic carbocycles. The van der Waals surface area contributed by atoms with Gasteiger partial charge in [-0.05, 0) is 29.2 Å². The summed E-state index contributed by atoms with van der Waals surface area (Å²) in [5.41, 5.74) is 1.49. The maximum Gasteiger partial charge on any atom is 0.270 e. The van der Waals surface area contributed by atoms with Crippen LogP contribution in [0.4, 0.5) is 5.69 Å². The highest BCUT2D eigenvalue weighted by atomic mass is 32.1. The van der Waals surface area contributed by atoms with Crippen LogP contribution in [0.1, 0.15) is 16.0 Å². The van der Waals surface area contributed by atoms with Gasteiger partial charge in [-0.3, -0.25) is 14.9 Å². The molecule has 0 fully saturated rings. The van der Waals surface area contributed by atoms with Gasteiger partial charge in [0.2, 0.25) is 5.91 Å². The summed E-state index contributed by atoms with van der Waals surface area (Å²) >= 11 is 1.58. The molecule has 0 bridgehead atoms. The maximum atomic E-state index is 12.9. The number of nitro benzene ring substituents is 1. The first-order valence-electron chi connectivity index (χ1n) is 8.92. The summed E-state index contributed by atoms with van der Waals surface area (Å²) in [6.45, 7) is 0.855. The zero-order valence-corrected chi connectivity index (χ0v) is 16.7. The van der Waals surface area contributed by atoms with Crippen LogP contribution in [0, 0.1) is 10.1 Å². The van der Waals surface area contributed by atoms with Gasteiger partial charge in [-0.2, -0.15) is 0 Å². The largest absolute Gasteiger partial charge is 0.496 e. The van der Waals surface area contributed by atoms with E-state index in [2.05, 4.69) is 0 Å². The maximum absolute atomic E-state index is 12.9. The Hall–Kier alpha value is -3.45. The van der Waals surface area contributed by atoms with Crippen molar-refractivity contribution in [3.63, 3.8) is 0 Å². The van der Waals surface area contributed by atoms with Crippen LogP contribution in [0.3, 0.4) is 0 Å². The third-order valence-corrected chi connectivity index (χ3v) is 5.15. The summed E-state index contributed by atoms with van der Waals surface area (Å²) in [6.07, 6.45) is 3.04. The Morgan fingerprint density at radius 1 is 1.14 bits per heavy atom. The molecule has 6 nitrogen and oxygen atoms in total. The Balaban J connectivity index is 1.82. The van der Waals surface area contributed by atoms with Gasteiger partial charge < -0.3 is 9.64 Å². The molecular weight excluding hydrogens is 388 g/mol. The molecule has 3 rings (SSSR count). The van der Waals surface area contributed by atoms with Gasteiger partial charge in [0.15, 0.2) is 0 Å². The molecule has 0 aliphatic heterocycles. The number of hydrogen-bond acceptors (Lipinski definition) is 5. The molecule has 0 atom stereocenters. The van der Waals surface area contributed by atoms with Crippen molar-refractivity contribution in [3.05, 3.63) is 98.2 Å². The number of carbonyl (C=O) groups is 1. The summed E-state index contributed by atoms with van der Waals surface area (Å²) in [6, 6.07) is 17.7. The van der Waals surface area contributed by atoms with Crippen LogP contribution in [-0.2, 0) is 17.9 Å². The van der Waals surface area contributed by atoms with E-state index in [0.29, 0.717) is 18.7 Å². The lowest BCUT2D eigenvalue weighted by Crippen LogP contribution is -2.28. The van der Waals surface area contributed by atoms with E-state index in [1.807, 2.05) is 41.8 Å². The normalized spacial score (nSPS) is 10.8. The molecular formula is C22H20N2O4S. The third kappa shape index (κ3) is 5.52. The average molecular weight is 408 g/mol. The molecule has 0 radical (unpaired) electrons. The fraction of sp³-hybridized carbons (Fsp3) is 0.136. The Kier molecular flexibility index (Phi) is 6.76. The second kappa shape index (κ2) is 9.66. The molecule has 0 N–H and O–H groups in total. The number of ether oxygens (including phenoxy) is 1. The van der Waals surface area contributed by atoms with Crippen molar-refractivity contribution < 1.29 is 14.5 Å². The van der Waals surface area contributed by atoms with Gasteiger partial charge in [-0.1, -0.05) is 36.4 Å². The van der Waals surface area contributed by atoms with E-state index < -0.39 is 4.92 Å². The van der Waals surface area contributed by atoms with E-state index in [-0.39, 0.29) is 11.6 Å². The molecule has 1 amide bonds. The minimum Gasteiger partial charge on any atom is -0.496 e. The van der Waals surface area contributed by atoms with Gasteiger partial charge in [0.1, 0.15) is 5.75 Å². The minimum atomic E-state index is -0.454. The fourth-order valence-corrected chi connectivity index (χ4v) is 3.58. The van der Waals surface area contributed by atoms with Gasteiger partial charge in [0.05, 0.1) is 18.6 Å². The van der Waals surface area contributed by atoms with Crippen LogP contribution in [0.5, 0.6) is 5.75 Å². The van der Waals surface area contributed by atoms with Crippen LogP contribution in [0.25, 0.3) is 6.08 Å². The number of amides is 1. The molecule has 0 saturated carbocycles. The van der Waals surface area contributed by atoms with E-state index >= 15 is 0 Å². The lowest BCUT2D eigenvalue weighted by molar-refractivity contribution is -0.384. The first-order chi connectivity index (χ1) is 14.1. The van der Waals surface area contributed by atoms with Crippen molar-refractivity contribution in [2.45, 2.75) is 13.1 Å². The number of para-hydroxylation sites is 1. The summed E-state index contributed by atoms with van der Waals surface area (Å²) in [5, 5.41) is 12.9. The Labute approximate surface area is 172 Å². The monoisotopic (exact) mass is 408 g/mol. The highest BCUT2D eigenvalue weighted by Gasteiger charge is 2.15. The number of benzene rings is 2. The zero-order chi connectivity index (χ0) is 20.6. The Bertz CT molecular complexity index is 1020. The second-order valence-corrected chi connectivity index (χ2v) is 7.30. The summed E-state index contributed by atoms with van der Waals surface area (Å²) in [5.74, 6) is 0.537. The van der Waals surface area contributed by atoms with Gasteiger partial charge in [0.25, 0.3) is 5.69 Å². The van der Waals surface area contributed by atoms with Crippen LogP contribution in [-0.4, -0.2) is 22.8 Å². The van der Waals surface area contributed by atoms with Crippen molar-refractivity contribution in [1.29, 1.82) is 0 Å². The van der Waals surface area contributed by atoms with E-state index in [0.717, 1.165) is 16.2 Å². The topological polar surface area (TPSA) is 72.7 Å². The number of nitro groups is 1. The number of non-ortho nitro benzene ring substituents is 1. The molecule has 1 heterocycles. The van der Waals surface area contributed by atoms with E-state index in [4.69, 9.17) is 4.74 Å². The van der Waals surface area contributed by atoms with Gasteiger partial charge in [-0.15, -0.1) is 11.3 Å². The molecule has 148 valence electrons. The molecule has 29 heavy (non-hydrogen) atoms. The number of rotatable bonds is 8. The first-order valence-corrected chi connectivity index (χ1v) is 9.80. The predicted octanol–water partition coefficient (Wildman–Crippen LogP) is 4.91. The number of nitrogens with zero attached hydrogens (tertiary/aromatic N) is 2. The SMILES string of the molecule is COc1ccccc1CN(Cc1cccs1)C(=O)/C=C/c1cccc([N+](=O)[O-])c1. The van der Waals surface area contributed by atoms with Crippen molar-refractivity contribution in [2.75, 3.05) is 7.11 Å². The summed E-state index contributed by atoms with van der Waals surface area (Å²) in [4.78, 5) is 26.2. The number of thiophene rings is 1. The van der Waals surface area contributed by atoms with Crippen LogP contribution in [0.15, 0.2) is 72.1 Å². The molecule has 7 heteroatoms. The van der Waals surface area contributed by atoms with Crippen molar-refractivity contribution in [1.82, 2.24) is 4.90 Å². The Morgan fingerprint density at radius 2 is 1.97 bits per heavy atom. The average Bonchev–Trinajstić information content (AvgIpc) is 3.25. The molecule has 0 aliphatic rings. The van der Waals surface area contributed by atoms with Crippen LogP contribution >= 0.6 is 11.3 Å². The van der Waals surface area contributed by atoms with Crippen molar-refractivity contribution in [2.24, 2.45) is 0 Å². The van der Waals surface area contributed by atoms with Crippen LogP contribution in [0.2, 0.25) is 0 Å². The lowest BCUT2D eigenvalue weighted by atomic mass is 10.1. The van der Waals surface area contributed by atoms with E-state index in [1.54, 1.807) is 41.6 Å². The number of methoxy groups -OCH3 is 1.